The molecule has 0 saturated heterocycles. The molecule has 0 fully saturated rings. The highest BCUT2D eigenvalue weighted by atomic mass is 16.5. The number of aliphatic hydroxyl groups excluding tert-OH is 2. The summed E-state index contributed by atoms with van der Waals surface area (Å²) in [4.78, 5) is 24.5. The average molecular weight is 1030 g/mol. The molecule has 0 aromatic heterocycles. The predicted molar refractivity (Wildman–Crippen MR) is 320 cm³/mol. The molecule has 0 aromatic carbocycles. The third-order valence-corrected chi connectivity index (χ3v) is 15.5. The Bertz CT molecular complexity index is 1140. The molecule has 0 radical (unpaired) electrons. The number of rotatable bonds is 62. The van der Waals surface area contributed by atoms with Gasteiger partial charge in [0.15, 0.2) is 0 Å². The summed E-state index contributed by atoms with van der Waals surface area (Å²) < 4.78 is 5.48. The lowest BCUT2D eigenvalue weighted by molar-refractivity contribution is -0.143. The molecule has 0 aliphatic heterocycles. The van der Waals surface area contributed by atoms with Crippen molar-refractivity contribution in [1.29, 1.82) is 0 Å². The number of nitrogens with one attached hydrogen (secondary N) is 1. The molecular weight excluding hydrogens is 899 g/mol. The fourth-order valence-electron chi connectivity index (χ4n) is 10.4. The van der Waals surface area contributed by atoms with Gasteiger partial charge in [-0.15, -0.1) is 0 Å². The maximum Gasteiger partial charge on any atom is 0.305 e. The molecule has 0 bridgehead atoms. The molecule has 6 nitrogen and oxygen atoms in total. The van der Waals surface area contributed by atoms with E-state index in [0.717, 1.165) is 38.5 Å². The molecule has 2 unspecified atom stereocenters. The molecule has 1 amide bonds. The number of allylic oxidation sites excluding steroid dienone is 3. The zero-order chi connectivity index (χ0) is 52.9. The van der Waals surface area contributed by atoms with Gasteiger partial charge in [0.05, 0.1) is 25.4 Å². The fourth-order valence-corrected chi connectivity index (χ4v) is 10.4. The molecule has 0 aliphatic rings. The summed E-state index contributed by atoms with van der Waals surface area (Å²) in [5.41, 5.74) is 0. The van der Waals surface area contributed by atoms with Crippen molar-refractivity contribution >= 4 is 11.9 Å². The highest BCUT2D eigenvalue weighted by molar-refractivity contribution is 5.76. The minimum absolute atomic E-state index is 0.0172. The Morgan fingerprint density at radius 3 is 0.973 bits per heavy atom. The molecule has 0 heterocycles. The van der Waals surface area contributed by atoms with Crippen LogP contribution in [0.1, 0.15) is 367 Å². The van der Waals surface area contributed by atoms with Crippen LogP contribution in [0.5, 0.6) is 0 Å². The third-order valence-electron chi connectivity index (χ3n) is 15.5. The van der Waals surface area contributed by atoms with E-state index >= 15 is 0 Å². The highest BCUT2D eigenvalue weighted by Crippen LogP contribution is 2.18. The average Bonchev–Trinajstić information content (AvgIpc) is 3.39. The second kappa shape index (κ2) is 62.9. The minimum Gasteiger partial charge on any atom is -0.466 e. The largest absolute Gasteiger partial charge is 0.466 e. The molecule has 3 N–H and O–H groups in total. The number of hydrogen-bond acceptors (Lipinski definition) is 5. The quantitative estimate of drug-likeness (QED) is 0.0320. The van der Waals surface area contributed by atoms with Gasteiger partial charge < -0.3 is 20.3 Å². The first-order valence-electron chi connectivity index (χ1n) is 33.1. The second-order valence-electron chi connectivity index (χ2n) is 22.8. The van der Waals surface area contributed by atoms with Crippen LogP contribution in [-0.4, -0.2) is 47.4 Å². The zero-order valence-corrected chi connectivity index (χ0v) is 49.4. The minimum atomic E-state index is -0.843. The van der Waals surface area contributed by atoms with Crippen molar-refractivity contribution in [3.05, 3.63) is 24.3 Å². The number of hydrogen-bond donors (Lipinski definition) is 3. The van der Waals surface area contributed by atoms with E-state index < -0.39 is 12.1 Å². The van der Waals surface area contributed by atoms with E-state index in [1.165, 1.54) is 302 Å². The van der Waals surface area contributed by atoms with E-state index in [9.17, 15) is 19.8 Å². The molecule has 6 heteroatoms. The third kappa shape index (κ3) is 59.4. The first kappa shape index (κ1) is 71.3. The summed E-state index contributed by atoms with van der Waals surface area (Å²) in [6, 6.07) is -0.626. The van der Waals surface area contributed by atoms with Crippen molar-refractivity contribution in [1.82, 2.24) is 5.32 Å². The molecule has 0 rings (SSSR count). The van der Waals surface area contributed by atoms with Gasteiger partial charge in [-0.3, -0.25) is 9.59 Å². The maximum absolute atomic E-state index is 12.5. The van der Waals surface area contributed by atoms with Crippen molar-refractivity contribution in [2.24, 2.45) is 0 Å². The Morgan fingerprint density at radius 1 is 0.370 bits per heavy atom. The predicted octanol–water partition coefficient (Wildman–Crippen LogP) is 21.0. The van der Waals surface area contributed by atoms with E-state index in [1.54, 1.807) is 6.08 Å². The molecule has 73 heavy (non-hydrogen) atoms. The van der Waals surface area contributed by atoms with Gasteiger partial charge in [-0.05, 0) is 57.8 Å². The summed E-state index contributed by atoms with van der Waals surface area (Å²) in [5, 5.41) is 23.1. The van der Waals surface area contributed by atoms with Crippen LogP contribution in [0.2, 0.25) is 0 Å². The van der Waals surface area contributed by atoms with E-state index in [1.807, 2.05) is 6.08 Å². The van der Waals surface area contributed by atoms with Crippen LogP contribution in [-0.2, 0) is 14.3 Å². The van der Waals surface area contributed by atoms with Crippen LogP contribution in [0.3, 0.4) is 0 Å². The van der Waals surface area contributed by atoms with Crippen LogP contribution in [0.25, 0.3) is 0 Å². The van der Waals surface area contributed by atoms with Gasteiger partial charge in [-0.1, -0.05) is 321 Å². The smallest absolute Gasteiger partial charge is 0.305 e. The summed E-state index contributed by atoms with van der Waals surface area (Å²) in [6.07, 6.45) is 78.1. The van der Waals surface area contributed by atoms with E-state index in [-0.39, 0.29) is 18.5 Å². The summed E-state index contributed by atoms with van der Waals surface area (Å²) >= 11 is 0. The molecule has 2 atom stereocenters. The monoisotopic (exact) mass is 1030 g/mol. The van der Waals surface area contributed by atoms with Gasteiger partial charge in [-0.25, -0.2) is 0 Å². The van der Waals surface area contributed by atoms with Crippen molar-refractivity contribution < 1.29 is 24.5 Å². The van der Waals surface area contributed by atoms with Gasteiger partial charge in [0.2, 0.25) is 5.91 Å². The van der Waals surface area contributed by atoms with Crippen molar-refractivity contribution in [3.63, 3.8) is 0 Å². The second-order valence-corrected chi connectivity index (χ2v) is 22.8. The number of amides is 1. The summed E-state index contributed by atoms with van der Waals surface area (Å²) in [5.74, 6) is -0.0478. The van der Waals surface area contributed by atoms with Crippen LogP contribution < -0.4 is 5.32 Å². The van der Waals surface area contributed by atoms with Crippen molar-refractivity contribution in [2.45, 2.75) is 379 Å². The first-order valence-corrected chi connectivity index (χ1v) is 33.1. The fraction of sp³-hybridized carbons (Fsp3) is 0.910. The molecule has 432 valence electrons. The normalized spacial score (nSPS) is 12.7. The van der Waals surface area contributed by atoms with E-state index in [0.29, 0.717) is 19.4 Å². The first-order chi connectivity index (χ1) is 36.0. The number of esters is 1. The van der Waals surface area contributed by atoms with Crippen LogP contribution in [0.15, 0.2) is 24.3 Å². The lowest BCUT2D eigenvalue weighted by Gasteiger charge is -2.20. The number of aliphatic hydroxyl groups is 2. The lowest BCUT2D eigenvalue weighted by Crippen LogP contribution is -2.45. The zero-order valence-electron chi connectivity index (χ0n) is 49.4. The Kier molecular flexibility index (Phi) is 61.4. The maximum atomic E-state index is 12.5. The molecular formula is C67H129NO5. The Morgan fingerprint density at radius 2 is 0.644 bits per heavy atom. The number of carbonyl (C=O) groups is 2. The van der Waals surface area contributed by atoms with Crippen molar-refractivity contribution in [2.75, 3.05) is 13.2 Å². The number of carbonyl (C=O) groups excluding carboxylic acids is 2. The van der Waals surface area contributed by atoms with Crippen LogP contribution in [0, 0.1) is 0 Å². The lowest BCUT2D eigenvalue weighted by atomic mass is 10.0. The van der Waals surface area contributed by atoms with Crippen molar-refractivity contribution in [3.8, 4) is 0 Å². The molecule has 0 spiro atoms. The van der Waals surface area contributed by atoms with Crippen LogP contribution >= 0.6 is 0 Å². The van der Waals surface area contributed by atoms with Crippen LogP contribution in [0.4, 0.5) is 0 Å². The van der Waals surface area contributed by atoms with E-state index in [4.69, 9.17) is 4.74 Å². The standard InChI is InChI=1S/C67H129NO5/c1-3-5-7-9-11-13-15-17-33-36-39-43-47-51-55-59-65(70)64(63-69)68-66(71)60-56-52-48-44-40-37-34-31-29-27-25-23-21-19-18-20-22-24-26-28-30-32-35-38-42-46-50-54-58-62-73-67(72)61-57-53-49-45-41-16-14-12-10-8-6-4-2/h18,20,55,59,64-65,69-70H,3-17,19,21-54,56-58,60-63H2,1-2H3,(H,68,71)/b20-18-,59-55+. The van der Waals surface area contributed by atoms with Gasteiger partial charge in [0, 0.05) is 12.8 Å². The summed E-state index contributed by atoms with van der Waals surface area (Å²) in [7, 11) is 0. The molecule has 0 aromatic rings. The topological polar surface area (TPSA) is 95.9 Å². The Labute approximate surface area is 456 Å². The Balaban J connectivity index is 3.38. The highest BCUT2D eigenvalue weighted by Gasteiger charge is 2.18. The van der Waals surface area contributed by atoms with Gasteiger partial charge in [0.1, 0.15) is 0 Å². The Hall–Kier alpha value is -1.66. The molecule has 0 aliphatic carbocycles. The van der Waals surface area contributed by atoms with E-state index in [2.05, 4.69) is 31.3 Å². The number of unbranched alkanes of at least 4 members (excludes halogenated alkanes) is 49. The number of ether oxygens (including phenoxy) is 1. The SMILES string of the molecule is CCCCCCCCCCCCCCC/C=C/C(O)C(CO)NC(=O)CCCCCCCCCCCCCCC/C=C\CCCCCCCCCCCCCCOC(=O)CCCCCCCCCCCCCC. The molecule has 0 saturated carbocycles. The van der Waals surface area contributed by atoms with Gasteiger partial charge in [-0.2, -0.15) is 0 Å². The van der Waals surface area contributed by atoms with Gasteiger partial charge in [0.25, 0.3) is 0 Å². The van der Waals surface area contributed by atoms with Gasteiger partial charge >= 0.3 is 5.97 Å². The summed E-state index contributed by atoms with van der Waals surface area (Å²) in [6.45, 7) is 4.93.